The number of aliphatic carboxylic acids is 1. The predicted octanol–water partition coefficient (Wildman–Crippen LogP) is 1.24. The predicted molar refractivity (Wildman–Crippen MR) is 52.8 cm³/mol. The lowest BCUT2D eigenvalue weighted by molar-refractivity contribution is -0.140. The van der Waals surface area contributed by atoms with Crippen molar-refractivity contribution in [2.75, 3.05) is 6.79 Å². The van der Waals surface area contributed by atoms with Crippen molar-refractivity contribution >= 4 is 5.97 Å². The van der Waals surface area contributed by atoms with E-state index in [9.17, 15) is 15.0 Å². The summed E-state index contributed by atoms with van der Waals surface area (Å²) in [5, 5.41) is 18.7. The van der Waals surface area contributed by atoms with E-state index in [-0.39, 0.29) is 12.5 Å². The van der Waals surface area contributed by atoms with E-state index >= 15 is 0 Å². The first kappa shape index (κ1) is 9.33. The second-order valence-corrected chi connectivity index (χ2v) is 4.11. The Labute approximate surface area is 91.2 Å². The van der Waals surface area contributed by atoms with Crippen LogP contribution >= 0.6 is 0 Å². The fourth-order valence-electron chi connectivity index (χ4n) is 2.07. The third-order valence-corrected chi connectivity index (χ3v) is 3.13. The lowest BCUT2D eigenvalue weighted by Gasteiger charge is -2.13. The van der Waals surface area contributed by atoms with Crippen molar-refractivity contribution in [3.8, 4) is 17.2 Å². The molecule has 1 aromatic rings. The molecular formula is C11H10O5. The second-order valence-electron chi connectivity index (χ2n) is 4.11. The zero-order chi connectivity index (χ0) is 11.3. The summed E-state index contributed by atoms with van der Waals surface area (Å²) in [4.78, 5) is 11.2. The maximum absolute atomic E-state index is 11.2. The molecule has 1 fully saturated rings. The molecule has 0 atom stereocenters. The van der Waals surface area contributed by atoms with Gasteiger partial charge in [-0.25, -0.2) is 0 Å². The van der Waals surface area contributed by atoms with Gasteiger partial charge in [-0.05, 0) is 18.9 Å². The molecule has 1 aliphatic carbocycles. The Morgan fingerprint density at radius 1 is 1.31 bits per heavy atom. The summed E-state index contributed by atoms with van der Waals surface area (Å²) in [6.45, 7) is 0.0709. The van der Waals surface area contributed by atoms with Crippen molar-refractivity contribution in [2.45, 2.75) is 18.3 Å². The zero-order valence-electron chi connectivity index (χ0n) is 8.40. The lowest BCUT2D eigenvalue weighted by Crippen LogP contribution is -2.20. The highest BCUT2D eigenvalue weighted by molar-refractivity contribution is 5.86. The van der Waals surface area contributed by atoms with Gasteiger partial charge in [-0.1, -0.05) is 0 Å². The van der Waals surface area contributed by atoms with Gasteiger partial charge in [0.25, 0.3) is 0 Å². The Balaban J connectivity index is 2.18. The van der Waals surface area contributed by atoms with E-state index in [1.165, 1.54) is 12.1 Å². The van der Waals surface area contributed by atoms with Crippen LogP contribution < -0.4 is 9.47 Å². The van der Waals surface area contributed by atoms with Crippen LogP contribution in [0.2, 0.25) is 0 Å². The van der Waals surface area contributed by atoms with Crippen LogP contribution in [-0.2, 0) is 10.2 Å². The van der Waals surface area contributed by atoms with Gasteiger partial charge >= 0.3 is 5.97 Å². The van der Waals surface area contributed by atoms with Crippen molar-refractivity contribution < 1.29 is 24.5 Å². The number of carboxylic acid groups (broad SMARTS) is 1. The van der Waals surface area contributed by atoms with E-state index in [0.29, 0.717) is 29.9 Å². The van der Waals surface area contributed by atoms with E-state index in [1.54, 1.807) is 0 Å². The lowest BCUT2D eigenvalue weighted by atomic mass is 9.94. The van der Waals surface area contributed by atoms with Crippen LogP contribution in [0.4, 0.5) is 0 Å². The zero-order valence-corrected chi connectivity index (χ0v) is 8.40. The second kappa shape index (κ2) is 2.81. The number of benzene rings is 1. The first-order valence-electron chi connectivity index (χ1n) is 5.00. The van der Waals surface area contributed by atoms with Crippen LogP contribution in [0.1, 0.15) is 18.4 Å². The minimum atomic E-state index is -0.892. The number of phenols is 1. The number of aromatic hydroxyl groups is 1. The molecule has 5 heteroatoms. The molecule has 2 aliphatic rings. The molecule has 2 N–H and O–H groups in total. The molecule has 1 heterocycles. The quantitative estimate of drug-likeness (QED) is 0.787. The van der Waals surface area contributed by atoms with E-state index in [2.05, 4.69) is 0 Å². The minimum absolute atomic E-state index is 0.00627. The smallest absolute Gasteiger partial charge is 0.314 e. The highest BCUT2D eigenvalue weighted by Gasteiger charge is 2.54. The van der Waals surface area contributed by atoms with E-state index in [0.717, 1.165) is 0 Å². The van der Waals surface area contributed by atoms with Gasteiger partial charge in [-0.3, -0.25) is 4.79 Å². The highest BCUT2D eigenvalue weighted by atomic mass is 16.7. The number of fused-ring (bicyclic) bond motifs is 1. The van der Waals surface area contributed by atoms with Gasteiger partial charge in [-0.2, -0.15) is 0 Å². The summed E-state index contributed by atoms with van der Waals surface area (Å²) in [6, 6.07) is 2.89. The third-order valence-electron chi connectivity index (χ3n) is 3.13. The molecule has 0 amide bonds. The summed E-state index contributed by atoms with van der Waals surface area (Å²) < 4.78 is 10.4. The van der Waals surface area contributed by atoms with Crippen LogP contribution in [0.3, 0.4) is 0 Å². The van der Waals surface area contributed by atoms with Gasteiger partial charge in [0.2, 0.25) is 6.79 Å². The van der Waals surface area contributed by atoms with Gasteiger partial charge in [0.05, 0.1) is 5.41 Å². The summed E-state index contributed by atoms with van der Waals surface area (Å²) in [6.07, 6.45) is 1.14. The minimum Gasteiger partial charge on any atom is -0.508 e. The summed E-state index contributed by atoms with van der Waals surface area (Å²) in [5.41, 5.74) is -0.372. The Morgan fingerprint density at radius 2 is 2.06 bits per heavy atom. The Morgan fingerprint density at radius 3 is 2.69 bits per heavy atom. The summed E-state index contributed by atoms with van der Waals surface area (Å²) in [5.74, 6) is 0.00259. The summed E-state index contributed by atoms with van der Waals surface area (Å²) in [7, 11) is 0. The first-order chi connectivity index (χ1) is 7.63. The van der Waals surface area contributed by atoms with Gasteiger partial charge in [0, 0.05) is 11.6 Å². The molecule has 0 saturated heterocycles. The fourth-order valence-corrected chi connectivity index (χ4v) is 2.07. The van der Waals surface area contributed by atoms with Gasteiger partial charge in [-0.15, -0.1) is 0 Å². The average molecular weight is 222 g/mol. The molecule has 0 unspecified atom stereocenters. The standard InChI is InChI=1S/C11H10O5/c12-6-3-7(11(1-2-11)10(13)14)9-8(4-6)15-5-16-9/h3-4,12H,1-2,5H2,(H,13,14). The van der Waals surface area contributed by atoms with E-state index in [4.69, 9.17) is 9.47 Å². The van der Waals surface area contributed by atoms with Gasteiger partial charge < -0.3 is 19.7 Å². The monoisotopic (exact) mass is 222 g/mol. The number of ether oxygens (including phenoxy) is 2. The van der Waals surface area contributed by atoms with Crippen LogP contribution in [-0.4, -0.2) is 23.0 Å². The number of rotatable bonds is 2. The Bertz CT molecular complexity index is 476. The fraction of sp³-hybridized carbons (Fsp3) is 0.364. The van der Waals surface area contributed by atoms with Gasteiger partial charge in [0.15, 0.2) is 11.5 Å². The van der Waals surface area contributed by atoms with E-state index < -0.39 is 11.4 Å². The van der Waals surface area contributed by atoms with Crippen molar-refractivity contribution in [2.24, 2.45) is 0 Å². The Hall–Kier alpha value is -1.91. The molecule has 5 nitrogen and oxygen atoms in total. The number of phenolic OH excluding ortho intramolecular Hbond substituents is 1. The number of carbonyl (C=O) groups is 1. The largest absolute Gasteiger partial charge is 0.508 e. The molecule has 1 saturated carbocycles. The van der Waals surface area contributed by atoms with Crippen molar-refractivity contribution in [1.82, 2.24) is 0 Å². The maximum Gasteiger partial charge on any atom is 0.314 e. The van der Waals surface area contributed by atoms with Crippen LogP contribution in [0.25, 0.3) is 0 Å². The molecule has 0 spiro atoms. The Kier molecular flexibility index (Phi) is 1.64. The molecule has 16 heavy (non-hydrogen) atoms. The molecule has 0 aromatic heterocycles. The van der Waals surface area contributed by atoms with Crippen molar-refractivity contribution in [3.05, 3.63) is 17.7 Å². The first-order valence-corrected chi connectivity index (χ1v) is 5.00. The normalized spacial score (nSPS) is 19.5. The SMILES string of the molecule is O=C(O)C1(c2cc(O)cc3c2OCO3)CC1. The van der Waals surface area contributed by atoms with Crippen molar-refractivity contribution in [3.63, 3.8) is 0 Å². The van der Waals surface area contributed by atoms with Crippen LogP contribution in [0, 0.1) is 0 Å². The van der Waals surface area contributed by atoms with Crippen LogP contribution in [0.15, 0.2) is 12.1 Å². The maximum atomic E-state index is 11.2. The molecular weight excluding hydrogens is 212 g/mol. The number of hydrogen-bond donors (Lipinski definition) is 2. The summed E-state index contributed by atoms with van der Waals surface area (Å²) >= 11 is 0. The van der Waals surface area contributed by atoms with Crippen LogP contribution in [0.5, 0.6) is 17.2 Å². The average Bonchev–Trinajstić information content (AvgIpc) is 2.91. The molecule has 1 aromatic carbocycles. The molecule has 84 valence electrons. The highest BCUT2D eigenvalue weighted by Crippen LogP contribution is 2.55. The molecule has 1 aliphatic heterocycles. The molecule has 0 bridgehead atoms. The molecule has 3 rings (SSSR count). The number of carboxylic acids is 1. The third kappa shape index (κ3) is 1.08. The molecule has 0 radical (unpaired) electrons. The van der Waals surface area contributed by atoms with Gasteiger partial charge in [0.1, 0.15) is 5.75 Å². The van der Waals surface area contributed by atoms with Crippen molar-refractivity contribution in [1.29, 1.82) is 0 Å². The van der Waals surface area contributed by atoms with E-state index in [1.807, 2.05) is 0 Å². The number of hydrogen-bond acceptors (Lipinski definition) is 4. The topological polar surface area (TPSA) is 76.0 Å².